The van der Waals surface area contributed by atoms with Crippen molar-refractivity contribution in [3.63, 3.8) is 0 Å². The van der Waals surface area contributed by atoms with Crippen LogP contribution < -0.4 is 31.2 Å². The van der Waals surface area contributed by atoms with Gasteiger partial charge in [0.05, 0.1) is 22.4 Å². The number of anilines is 2. The van der Waals surface area contributed by atoms with Crippen molar-refractivity contribution < 1.29 is 14.2 Å². The van der Waals surface area contributed by atoms with Gasteiger partial charge in [-0.1, -0.05) is 0 Å². The number of pyridine rings is 2. The van der Waals surface area contributed by atoms with Crippen molar-refractivity contribution in [2.24, 2.45) is 0 Å². The van der Waals surface area contributed by atoms with Gasteiger partial charge in [-0.15, -0.1) is 0 Å². The molecule has 0 spiro atoms. The first-order valence-electron chi connectivity index (χ1n) is 15.7. The van der Waals surface area contributed by atoms with Gasteiger partial charge in [0, 0.05) is 55.2 Å². The SMILES string of the molecule is CN(C)CCOc1ccc2[nH]c(=O)c3c(c2c1)NCCC3.COCn1c(=O)c2c(c3cc(OCCN(C)C)ccc31)NCCC2. The van der Waals surface area contributed by atoms with Crippen LogP contribution in [0.15, 0.2) is 46.0 Å². The Bertz CT molecular complexity index is 1750. The molecular weight excluding hydrogens is 572 g/mol. The summed E-state index contributed by atoms with van der Waals surface area (Å²) in [6.45, 7) is 5.07. The summed E-state index contributed by atoms with van der Waals surface area (Å²) in [6.07, 6.45) is 3.60. The molecule has 2 aromatic heterocycles. The van der Waals surface area contributed by atoms with Crippen molar-refractivity contribution >= 4 is 33.2 Å². The first-order valence-corrected chi connectivity index (χ1v) is 15.7. The summed E-state index contributed by atoms with van der Waals surface area (Å²) in [5, 5.41) is 8.81. The quantitative estimate of drug-likeness (QED) is 0.245. The molecule has 0 aliphatic carbocycles. The maximum absolute atomic E-state index is 12.8. The Balaban J connectivity index is 0.000000179. The van der Waals surface area contributed by atoms with Gasteiger partial charge >= 0.3 is 0 Å². The molecule has 45 heavy (non-hydrogen) atoms. The highest BCUT2D eigenvalue weighted by molar-refractivity contribution is 5.95. The third-order valence-corrected chi connectivity index (χ3v) is 8.10. The topological polar surface area (TPSA) is 113 Å². The van der Waals surface area contributed by atoms with Crippen LogP contribution in [0.4, 0.5) is 11.4 Å². The van der Waals surface area contributed by atoms with Crippen LogP contribution in [0, 0.1) is 0 Å². The molecule has 0 amide bonds. The number of ether oxygens (including phenoxy) is 3. The van der Waals surface area contributed by atoms with E-state index in [0.29, 0.717) is 13.2 Å². The third kappa shape index (κ3) is 7.61. The van der Waals surface area contributed by atoms with Gasteiger partial charge < -0.3 is 39.6 Å². The Morgan fingerprint density at radius 3 is 1.98 bits per heavy atom. The molecule has 2 aliphatic heterocycles. The van der Waals surface area contributed by atoms with E-state index in [0.717, 1.165) is 108 Å². The maximum Gasteiger partial charge on any atom is 0.258 e. The van der Waals surface area contributed by atoms with E-state index in [-0.39, 0.29) is 17.8 Å². The van der Waals surface area contributed by atoms with E-state index < -0.39 is 0 Å². The van der Waals surface area contributed by atoms with Crippen LogP contribution in [0.5, 0.6) is 11.5 Å². The van der Waals surface area contributed by atoms with E-state index in [1.807, 2.05) is 64.6 Å². The number of aromatic amines is 1. The van der Waals surface area contributed by atoms with Gasteiger partial charge in [-0.2, -0.15) is 0 Å². The largest absolute Gasteiger partial charge is 0.492 e. The van der Waals surface area contributed by atoms with Crippen LogP contribution in [0.2, 0.25) is 0 Å². The first-order chi connectivity index (χ1) is 21.8. The highest BCUT2D eigenvalue weighted by Gasteiger charge is 2.20. The van der Waals surface area contributed by atoms with Gasteiger partial charge in [-0.3, -0.25) is 14.2 Å². The van der Waals surface area contributed by atoms with Crippen LogP contribution in [0.3, 0.4) is 0 Å². The van der Waals surface area contributed by atoms with E-state index in [2.05, 4.69) is 25.4 Å². The summed E-state index contributed by atoms with van der Waals surface area (Å²) >= 11 is 0. The van der Waals surface area contributed by atoms with Crippen molar-refractivity contribution in [2.75, 3.05) is 85.3 Å². The molecule has 2 aromatic carbocycles. The maximum atomic E-state index is 12.8. The lowest BCUT2D eigenvalue weighted by Gasteiger charge is -2.22. The Labute approximate surface area is 264 Å². The van der Waals surface area contributed by atoms with Gasteiger partial charge in [0.2, 0.25) is 0 Å². The molecule has 4 heterocycles. The normalized spacial score (nSPS) is 13.9. The second-order valence-corrected chi connectivity index (χ2v) is 12.1. The lowest BCUT2D eigenvalue weighted by Crippen LogP contribution is -2.29. The number of nitrogens with zero attached hydrogens (tertiary/aromatic N) is 3. The number of hydrogen-bond donors (Lipinski definition) is 3. The van der Waals surface area contributed by atoms with Crippen LogP contribution in [-0.2, 0) is 24.3 Å². The average molecular weight is 619 g/mol. The highest BCUT2D eigenvalue weighted by atomic mass is 16.5. The minimum atomic E-state index is 0.0194. The summed E-state index contributed by atoms with van der Waals surface area (Å²) in [4.78, 5) is 32.0. The van der Waals surface area contributed by atoms with E-state index in [1.165, 1.54) is 0 Å². The molecule has 0 bridgehead atoms. The fourth-order valence-corrected chi connectivity index (χ4v) is 5.77. The third-order valence-electron chi connectivity index (χ3n) is 8.10. The Kier molecular flexibility index (Phi) is 10.6. The molecule has 4 aromatic rings. The van der Waals surface area contributed by atoms with E-state index >= 15 is 0 Å². The Hall–Kier alpha value is -4.06. The number of likely N-dealkylation sites (N-methyl/N-ethyl adjacent to an activating group) is 2. The molecule has 0 unspecified atom stereocenters. The second kappa shape index (κ2) is 14.8. The van der Waals surface area contributed by atoms with Crippen LogP contribution >= 0.6 is 0 Å². The summed E-state index contributed by atoms with van der Waals surface area (Å²) < 4.78 is 18.6. The molecule has 0 saturated heterocycles. The number of benzene rings is 2. The van der Waals surface area contributed by atoms with Crippen molar-refractivity contribution in [3.05, 3.63) is 68.2 Å². The molecule has 0 saturated carbocycles. The molecule has 11 heteroatoms. The van der Waals surface area contributed by atoms with Gasteiger partial charge in [-0.25, -0.2) is 0 Å². The minimum absolute atomic E-state index is 0.0194. The fourth-order valence-electron chi connectivity index (χ4n) is 5.77. The molecular formula is C34H46N6O5. The fraction of sp³-hybridized carbons (Fsp3) is 0.471. The zero-order chi connectivity index (χ0) is 31.9. The number of methoxy groups -OCH3 is 1. The van der Waals surface area contributed by atoms with Crippen LogP contribution in [0.1, 0.15) is 24.0 Å². The lowest BCUT2D eigenvalue weighted by atomic mass is 10.0. The molecule has 6 rings (SSSR count). The van der Waals surface area contributed by atoms with Crippen molar-refractivity contribution in [3.8, 4) is 11.5 Å². The summed E-state index contributed by atoms with van der Waals surface area (Å²) in [5.74, 6) is 1.66. The van der Waals surface area contributed by atoms with Crippen molar-refractivity contribution in [2.45, 2.75) is 32.4 Å². The predicted octanol–water partition coefficient (Wildman–Crippen LogP) is 3.73. The van der Waals surface area contributed by atoms with Gasteiger partial charge in [0.1, 0.15) is 31.4 Å². The molecule has 0 fully saturated rings. The summed E-state index contributed by atoms with van der Waals surface area (Å²) in [6, 6.07) is 11.7. The Morgan fingerprint density at radius 1 is 0.778 bits per heavy atom. The average Bonchev–Trinajstić information content (AvgIpc) is 3.03. The number of hydrogen-bond acceptors (Lipinski definition) is 9. The standard InChI is InChI=1S/C18H25N3O3.C16H21N3O2/c1-20(2)9-10-24-13-6-7-16-15(11-13)17-14(5-4-8-19-17)18(22)21(16)12-23-3;1-19(2)8-9-21-11-5-6-14-13(10-11)15-12(16(20)18-14)4-3-7-17-15/h6-7,11,19H,4-5,8-10,12H2,1-3H3;5-6,10,17H,3-4,7-9H2,1-2H3,(H,18,20). The highest BCUT2D eigenvalue weighted by Crippen LogP contribution is 2.32. The molecule has 11 nitrogen and oxygen atoms in total. The molecule has 0 radical (unpaired) electrons. The summed E-state index contributed by atoms with van der Waals surface area (Å²) in [5.41, 5.74) is 5.40. The van der Waals surface area contributed by atoms with Crippen molar-refractivity contribution in [1.29, 1.82) is 0 Å². The smallest absolute Gasteiger partial charge is 0.258 e. The predicted molar refractivity (Wildman–Crippen MR) is 182 cm³/mol. The summed E-state index contributed by atoms with van der Waals surface area (Å²) in [7, 11) is 9.69. The number of H-pyrrole nitrogens is 1. The van der Waals surface area contributed by atoms with E-state index in [1.54, 1.807) is 11.7 Å². The molecule has 3 N–H and O–H groups in total. The van der Waals surface area contributed by atoms with Gasteiger partial charge in [0.25, 0.3) is 11.1 Å². The number of rotatable bonds is 10. The van der Waals surface area contributed by atoms with Crippen LogP contribution in [0.25, 0.3) is 21.8 Å². The zero-order valence-electron chi connectivity index (χ0n) is 27.1. The van der Waals surface area contributed by atoms with Gasteiger partial charge in [-0.05, 0) is 90.3 Å². The Morgan fingerprint density at radius 2 is 1.36 bits per heavy atom. The number of aromatic nitrogens is 2. The minimum Gasteiger partial charge on any atom is -0.492 e. The van der Waals surface area contributed by atoms with Gasteiger partial charge in [0.15, 0.2) is 0 Å². The van der Waals surface area contributed by atoms with Crippen molar-refractivity contribution in [1.82, 2.24) is 19.4 Å². The van der Waals surface area contributed by atoms with E-state index in [9.17, 15) is 9.59 Å². The molecule has 2 aliphatic rings. The monoisotopic (exact) mass is 618 g/mol. The first kappa shape index (κ1) is 32.3. The second-order valence-electron chi connectivity index (χ2n) is 12.1. The molecule has 0 atom stereocenters. The number of nitrogens with one attached hydrogen (secondary N) is 3. The zero-order valence-corrected chi connectivity index (χ0v) is 27.1. The van der Waals surface area contributed by atoms with Crippen LogP contribution in [-0.4, -0.2) is 94.0 Å². The lowest BCUT2D eigenvalue weighted by molar-refractivity contribution is 0.131. The van der Waals surface area contributed by atoms with E-state index in [4.69, 9.17) is 14.2 Å². The molecule has 242 valence electrons. The number of fused-ring (bicyclic) bond motifs is 6.